The predicted molar refractivity (Wildman–Crippen MR) is 48.5 cm³/mol. The smallest absolute Gasteiger partial charge is 0.457 e. The van der Waals surface area contributed by atoms with Gasteiger partial charge in [-0.1, -0.05) is 13.8 Å². The Morgan fingerprint density at radius 1 is 1.43 bits per heavy atom. The maximum atomic E-state index is 10.4. The molecule has 6 heteroatoms. The second-order valence-corrected chi connectivity index (χ2v) is 2.02. The fraction of sp³-hybridized carbons (Fsp3) is 0.500. The SMILES string of the molecule is CC.CC(=O)OCc1oc(=O)oc1N. The first kappa shape index (κ1) is 12.3. The molecule has 0 spiro atoms. The number of esters is 1. The van der Waals surface area contributed by atoms with E-state index in [-0.39, 0.29) is 18.3 Å². The molecule has 0 saturated carbocycles. The molecule has 2 N–H and O–H groups in total. The molecular formula is C8H13NO5. The van der Waals surface area contributed by atoms with Gasteiger partial charge in [-0.2, -0.15) is 0 Å². The van der Waals surface area contributed by atoms with Crippen LogP contribution in [-0.2, 0) is 16.1 Å². The van der Waals surface area contributed by atoms with Gasteiger partial charge in [-0.25, -0.2) is 4.79 Å². The zero-order chi connectivity index (χ0) is 11.1. The summed E-state index contributed by atoms with van der Waals surface area (Å²) in [7, 11) is 0. The van der Waals surface area contributed by atoms with Gasteiger partial charge in [-0.05, 0) is 0 Å². The number of carbonyl (C=O) groups excluding carboxylic acids is 1. The highest BCUT2D eigenvalue weighted by molar-refractivity contribution is 5.65. The number of hydrogen-bond donors (Lipinski definition) is 1. The third kappa shape index (κ3) is 3.79. The highest BCUT2D eigenvalue weighted by Crippen LogP contribution is 2.09. The summed E-state index contributed by atoms with van der Waals surface area (Å²) in [5, 5.41) is 0. The lowest BCUT2D eigenvalue weighted by molar-refractivity contribution is -0.142. The zero-order valence-corrected chi connectivity index (χ0v) is 8.33. The van der Waals surface area contributed by atoms with Crippen LogP contribution in [0.15, 0.2) is 13.6 Å². The Balaban J connectivity index is 0.000000791. The molecule has 1 aromatic rings. The summed E-state index contributed by atoms with van der Waals surface area (Å²) in [4.78, 5) is 20.7. The molecule has 0 aliphatic heterocycles. The van der Waals surface area contributed by atoms with Gasteiger partial charge in [0.15, 0.2) is 6.61 Å². The first-order valence-corrected chi connectivity index (χ1v) is 4.11. The van der Waals surface area contributed by atoms with Crippen molar-refractivity contribution in [2.75, 3.05) is 5.73 Å². The maximum Gasteiger partial charge on any atom is 0.520 e. The van der Waals surface area contributed by atoms with Crippen molar-refractivity contribution < 1.29 is 18.4 Å². The molecule has 1 aromatic heterocycles. The Labute approximate surface area is 80.6 Å². The second kappa shape index (κ2) is 5.85. The van der Waals surface area contributed by atoms with Gasteiger partial charge in [0.2, 0.25) is 11.6 Å². The Bertz CT molecular complexity index is 338. The summed E-state index contributed by atoms with van der Waals surface area (Å²) in [5.41, 5.74) is 5.18. The first-order chi connectivity index (χ1) is 6.59. The van der Waals surface area contributed by atoms with Crippen molar-refractivity contribution in [2.24, 2.45) is 0 Å². The molecule has 0 unspecified atom stereocenters. The number of ether oxygens (including phenoxy) is 1. The van der Waals surface area contributed by atoms with Crippen molar-refractivity contribution in [1.29, 1.82) is 0 Å². The maximum absolute atomic E-state index is 10.4. The van der Waals surface area contributed by atoms with Gasteiger partial charge in [0.25, 0.3) is 0 Å². The lowest BCUT2D eigenvalue weighted by Gasteiger charge is -1.95. The molecule has 0 aliphatic carbocycles. The van der Waals surface area contributed by atoms with Crippen LogP contribution in [0.25, 0.3) is 0 Å². The van der Waals surface area contributed by atoms with Crippen LogP contribution in [0.5, 0.6) is 0 Å². The number of anilines is 1. The van der Waals surface area contributed by atoms with Crippen molar-refractivity contribution in [2.45, 2.75) is 27.4 Å². The van der Waals surface area contributed by atoms with E-state index in [1.165, 1.54) is 6.92 Å². The van der Waals surface area contributed by atoms with Gasteiger partial charge in [0.05, 0.1) is 0 Å². The van der Waals surface area contributed by atoms with Crippen molar-refractivity contribution in [1.82, 2.24) is 0 Å². The monoisotopic (exact) mass is 203 g/mol. The second-order valence-electron chi connectivity index (χ2n) is 2.02. The molecule has 6 nitrogen and oxygen atoms in total. The topological polar surface area (TPSA) is 95.7 Å². The summed E-state index contributed by atoms with van der Waals surface area (Å²) >= 11 is 0. The summed E-state index contributed by atoms with van der Waals surface area (Å²) in [5.74, 6) is -1.54. The van der Waals surface area contributed by atoms with Crippen molar-refractivity contribution >= 4 is 11.9 Å². The van der Waals surface area contributed by atoms with Crippen LogP contribution in [-0.4, -0.2) is 5.97 Å². The summed E-state index contributed by atoms with van der Waals surface area (Å²) < 4.78 is 13.3. The average Bonchev–Trinajstić information content (AvgIpc) is 2.45. The van der Waals surface area contributed by atoms with E-state index in [9.17, 15) is 9.59 Å². The quantitative estimate of drug-likeness (QED) is 0.717. The summed E-state index contributed by atoms with van der Waals surface area (Å²) in [6, 6.07) is 0. The normalized spacial score (nSPS) is 8.79. The van der Waals surface area contributed by atoms with Crippen LogP contribution in [0, 0.1) is 0 Å². The molecule has 0 bridgehead atoms. The highest BCUT2D eigenvalue weighted by atomic mass is 16.6. The zero-order valence-electron chi connectivity index (χ0n) is 8.33. The molecule has 0 radical (unpaired) electrons. The van der Waals surface area contributed by atoms with E-state index in [1.807, 2.05) is 13.8 Å². The van der Waals surface area contributed by atoms with E-state index in [1.54, 1.807) is 0 Å². The minimum absolute atomic E-state index is 0.0233. The molecule has 1 heterocycles. The minimum Gasteiger partial charge on any atom is -0.457 e. The van der Waals surface area contributed by atoms with Crippen LogP contribution in [0.2, 0.25) is 0 Å². The van der Waals surface area contributed by atoms with E-state index in [0.717, 1.165) is 0 Å². The van der Waals surface area contributed by atoms with Crippen molar-refractivity contribution in [3.63, 3.8) is 0 Å². The standard InChI is InChI=1S/C6H7NO5.C2H6/c1-3(8)10-2-4-5(7)12-6(9)11-4;1-2/h2,7H2,1H3;1-2H3. The number of rotatable bonds is 2. The van der Waals surface area contributed by atoms with Crippen LogP contribution >= 0.6 is 0 Å². The molecule has 0 atom stereocenters. The molecular weight excluding hydrogens is 190 g/mol. The van der Waals surface area contributed by atoms with E-state index in [2.05, 4.69) is 13.6 Å². The molecule has 80 valence electrons. The number of nitrogen functional groups attached to an aromatic ring is 1. The van der Waals surface area contributed by atoms with Crippen molar-refractivity contribution in [3.05, 3.63) is 16.4 Å². The van der Waals surface area contributed by atoms with Gasteiger partial charge in [-0.15, -0.1) is 0 Å². The fourth-order valence-electron chi connectivity index (χ4n) is 0.586. The van der Waals surface area contributed by atoms with Gasteiger partial charge in [0.1, 0.15) is 0 Å². The number of carbonyl (C=O) groups is 1. The van der Waals surface area contributed by atoms with Crippen molar-refractivity contribution in [3.8, 4) is 0 Å². The van der Waals surface area contributed by atoms with E-state index < -0.39 is 11.8 Å². The minimum atomic E-state index is -0.908. The molecule has 14 heavy (non-hydrogen) atoms. The molecule has 0 saturated heterocycles. The lowest BCUT2D eigenvalue weighted by Crippen LogP contribution is -1.99. The number of nitrogens with two attached hydrogens (primary N) is 1. The third-order valence-corrected chi connectivity index (χ3v) is 1.08. The van der Waals surface area contributed by atoms with Gasteiger partial charge in [-0.3, -0.25) is 4.79 Å². The predicted octanol–water partition coefficient (Wildman–Crippen LogP) is 0.904. The van der Waals surface area contributed by atoms with Crippen LogP contribution in [0.4, 0.5) is 5.88 Å². The molecule has 1 rings (SSSR count). The van der Waals surface area contributed by atoms with Gasteiger partial charge >= 0.3 is 11.8 Å². The van der Waals surface area contributed by atoms with Crippen LogP contribution < -0.4 is 11.6 Å². The Kier molecular flexibility index (Phi) is 5.13. The van der Waals surface area contributed by atoms with Crippen LogP contribution in [0.1, 0.15) is 26.5 Å². The van der Waals surface area contributed by atoms with Gasteiger partial charge < -0.3 is 19.3 Å². The number of hydrogen-bond acceptors (Lipinski definition) is 6. The fourth-order valence-corrected chi connectivity index (χ4v) is 0.586. The molecule has 0 aliphatic rings. The van der Waals surface area contributed by atoms with E-state index >= 15 is 0 Å². The largest absolute Gasteiger partial charge is 0.520 e. The summed E-state index contributed by atoms with van der Waals surface area (Å²) in [6.07, 6.45) is 0. The highest BCUT2D eigenvalue weighted by Gasteiger charge is 2.09. The van der Waals surface area contributed by atoms with Gasteiger partial charge in [0, 0.05) is 6.92 Å². The molecule has 0 aromatic carbocycles. The Morgan fingerprint density at radius 3 is 2.36 bits per heavy atom. The Hall–Kier alpha value is -1.72. The van der Waals surface area contributed by atoms with Crippen LogP contribution in [0.3, 0.4) is 0 Å². The van der Waals surface area contributed by atoms with E-state index in [0.29, 0.717) is 0 Å². The van der Waals surface area contributed by atoms with E-state index in [4.69, 9.17) is 5.73 Å². The Morgan fingerprint density at radius 2 is 2.00 bits per heavy atom. The summed E-state index contributed by atoms with van der Waals surface area (Å²) in [6.45, 7) is 5.04. The lowest BCUT2D eigenvalue weighted by atomic mass is 10.5. The third-order valence-electron chi connectivity index (χ3n) is 1.08. The average molecular weight is 203 g/mol. The molecule has 0 fully saturated rings. The first-order valence-electron chi connectivity index (χ1n) is 4.11. The molecule has 0 amide bonds.